The van der Waals surface area contributed by atoms with Crippen molar-refractivity contribution in [3.63, 3.8) is 0 Å². The Labute approximate surface area is 131 Å². The van der Waals surface area contributed by atoms with Crippen LogP contribution in [0.15, 0.2) is 28.7 Å². The lowest BCUT2D eigenvalue weighted by Crippen LogP contribution is -2.37. The van der Waals surface area contributed by atoms with Gasteiger partial charge in [-0.25, -0.2) is 0 Å². The van der Waals surface area contributed by atoms with Crippen molar-refractivity contribution in [2.75, 3.05) is 0 Å². The van der Waals surface area contributed by atoms with Crippen molar-refractivity contribution in [2.24, 2.45) is 5.41 Å². The van der Waals surface area contributed by atoms with Gasteiger partial charge in [0.05, 0.1) is 0 Å². The molecule has 1 nitrogen and oxygen atoms in total. The van der Waals surface area contributed by atoms with E-state index in [0.29, 0.717) is 6.04 Å². The van der Waals surface area contributed by atoms with E-state index in [1.165, 1.54) is 56.9 Å². The minimum absolute atomic E-state index is 0.464. The van der Waals surface area contributed by atoms with Crippen LogP contribution in [0.4, 0.5) is 0 Å². The van der Waals surface area contributed by atoms with E-state index in [-0.39, 0.29) is 0 Å². The minimum atomic E-state index is 0.464. The monoisotopic (exact) mass is 335 g/mol. The van der Waals surface area contributed by atoms with Crippen molar-refractivity contribution in [1.82, 2.24) is 5.32 Å². The lowest BCUT2D eigenvalue weighted by atomic mass is 9.71. The highest BCUT2D eigenvalue weighted by Gasteiger charge is 2.37. The Bertz CT molecular complexity index is 423. The molecule has 1 aromatic rings. The normalized spacial score (nSPS) is 24.1. The van der Waals surface area contributed by atoms with E-state index in [2.05, 4.69) is 52.4 Å². The molecule has 1 atom stereocenters. The number of rotatable bonds is 3. The maximum absolute atomic E-state index is 3.85. The van der Waals surface area contributed by atoms with E-state index in [1.807, 2.05) is 0 Å². The highest BCUT2D eigenvalue weighted by Crippen LogP contribution is 2.49. The summed E-state index contributed by atoms with van der Waals surface area (Å²) in [4.78, 5) is 0. The standard InChI is InChI=1S/C18H26BrN/c1-14(15-4-6-16(19)7-5-15)20-17-8-12-18(13-9-17)10-2-3-11-18/h4-7,14,17,20H,2-3,8-13H2,1H3/t14-/m0/s1. The molecule has 2 aliphatic rings. The molecule has 0 bridgehead atoms. The number of hydrogen-bond acceptors (Lipinski definition) is 1. The molecule has 1 aromatic carbocycles. The van der Waals surface area contributed by atoms with Crippen molar-refractivity contribution in [3.05, 3.63) is 34.3 Å². The summed E-state index contributed by atoms with van der Waals surface area (Å²) >= 11 is 3.51. The van der Waals surface area contributed by atoms with Gasteiger partial charge >= 0.3 is 0 Å². The molecule has 0 aliphatic heterocycles. The van der Waals surface area contributed by atoms with Gasteiger partial charge in [-0.05, 0) is 68.6 Å². The Morgan fingerprint density at radius 2 is 1.65 bits per heavy atom. The van der Waals surface area contributed by atoms with Crippen LogP contribution in [0.1, 0.15) is 69.9 Å². The first-order chi connectivity index (χ1) is 9.67. The number of benzene rings is 1. The summed E-state index contributed by atoms with van der Waals surface area (Å²) in [5.41, 5.74) is 2.15. The second-order valence-electron chi connectivity index (χ2n) is 6.92. The maximum atomic E-state index is 3.85. The van der Waals surface area contributed by atoms with Crippen molar-refractivity contribution in [1.29, 1.82) is 0 Å². The van der Waals surface area contributed by atoms with Gasteiger partial charge in [0.2, 0.25) is 0 Å². The third-order valence-electron chi connectivity index (χ3n) is 5.57. The molecule has 0 saturated heterocycles. The predicted molar refractivity (Wildman–Crippen MR) is 88.8 cm³/mol. The van der Waals surface area contributed by atoms with Gasteiger partial charge in [-0.15, -0.1) is 0 Å². The number of halogens is 1. The molecule has 0 heterocycles. The molecule has 2 saturated carbocycles. The zero-order chi connectivity index (χ0) is 14.0. The number of hydrogen-bond donors (Lipinski definition) is 1. The van der Waals surface area contributed by atoms with Crippen LogP contribution in [0.2, 0.25) is 0 Å². The molecule has 0 unspecified atom stereocenters. The highest BCUT2D eigenvalue weighted by atomic mass is 79.9. The van der Waals surface area contributed by atoms with Crippen molar-refractivity contribution >= 4 is 15.9 Å². The van der Waals surface area contributed by atoms with E-state index in [4.69, 9.17) is 0 Å². The van der Waals surface area contributed by atoms with Crippen molar-refractivity contribution < 1.29 is 0 Å². The van der Waals surface area contributed by atoms with Crippen LogP contribution < -0.4 is 5.32 Å². The molecule has 3 rings (SSSR count). The average Bonchev–Trinajstić information content (AvgIpc) is 2.91. The van der Waals surface area contributed by atoms with E-state index < -0.39 is 0 Å². The van der Waals surface area contributed by atoms with E-state index in [9.17, 15) is 0 Å². The first-order valence-corrected chi connectivity index (χ1v) is 8.98. The fourth-order valence-corrected chi connectivity index (χ4v) is 4.49. The molecular formula is C18H26BrN. The lowest BCUT2D eigenvalue weighted by molar-refractivity contribution is 0.164. The molecule has 1 N–H and O–H groups in total. The number of nitrogens with one attached hydrogen (secondary N) is 1. The first-order valence-electron chi connectivity index (χ1n) is 8.18. The van der Waals surface area contributed by atoms with Crippen LogP contribution in [0.3, 0.4) is 0 Å². The molecule has 2 fully saturated rings. The van der Waals surface area contributed by atoms with Gasteiger partial charge in [-0.2, -0.15) is 0 Å². The Balaban J connectivity index is 1.52. The zero-order valence-corrected chi connectivity index (χ0v) is 14.1. The second kappa shape index (κ2) is 6.19. The Kier molecular flexibility index (Phi) is 4.52. The lowest BCUT2D eigenvalue weighted by Gasteiger charge is -2.38. The van der Waals surface area contributed by atoms with Crippen molar-refractivity contribution in [3.8, 4) is 0 Å². The summed E-state index contributed by atoms with van der Waals surface area (Å²) < 4.78 is 1.16. The topological polar surface area (TPSA) is 12.0 Å². The third kappa shape index (κ3) is 3.28. The van der Waals surface area contributed by atoms with Crippen LogP contribution in [-0.4, -0.2) is 6.04 Å². The van der Waals surface area contributed by atoms with Gasteiger partial charge in [0.15, 0.2) is 0 Å². The first kappa shape index (κ1) is 14.6. The van der Waals surface area contributed by atoms with Crippen LogP contribution in [-0.2, 0) is 0 Å². The predicted octanol–water partition coefficient (Wildman–Crippen LogP) is 5.60. The largest absolute Gasteiger partial charge is 0.307 e. The SMILES string of the molecule is C[C@H](NC1CCC2(CCCC2)CC1)c1ccc(Br)cc1. The molecule has 0 radical (unpaired) electrons. The molecule has 1 spiro atoms. The zero-order valence-electron chi connectivity index (χ0n) is 12.5. The molecule has 0 amide bonds. The third-order valence-corrected chi connectivity index (χ3v) is 6.09. The second-order valence-corrected chi connectivity index (χ2v) is 7.84. The summed E-state index contributed by atoms with van der Waals surface area (Å²) in [5, 5.41) is 3.85. The molecular weight excluding hydrogens is 310 g/mol. The van der Waals surface area contributed by atoms with Gasteiger partial charge in [0.1, 0.15) is 0 Å². The van der Waals surface area contributed by atoms with E-state index in [0.717, 1.165) is 15.9 Å². The molecule has 2 aliphatic carbocycles. The summed E-state index contributed by atoms with van der Waals surface area (Å²) in [6.07, 6.45) is 11.6. The Morgan fingerprint density at radius 3 is 2.25 bits per heavy atom. The summed E-state index contributed by atoms with van der Waals surface area (Å²) in [6, 6.07) is 9.92. The highest BCUT2D eigenvalue weighted by molar-refractivity contribution is 9.10. The average molecular weight is 336 g/mol. The smallest absolute Gasteiger partial charge is 0.0294 e. The van der Waals surface area contributed by atoms with E-state index >= 15 is 0 Å². The van der Waals surface area contributed by atoms with Gasteiger partial charge in [-0.3, -0.25) is 0 Å². The van der Waals surface area contributed by atoms with Gasteiger partial charge in [0, 0.05) is 16.6 Å². The Hall–Kier alpha value is -0.340. The van der Waals surface area contributed by atoms with Gasteiger partial charge in [-0.1, -0.05) is 40.9 Å². The summed E-state index contributed by atoms with van der Waals surface area (Å²) in [7, 11) is 0. The minimum Gasteiger partial charge on any atom is -0.307 e. The molecule has 0 aromatic heterocycles. The summed E-state index contributed by atoms with van der Waals surface area (Å²) in [6.45, 7) is 2.29. The van der Waals surface area contributed by atoms with Crippen LogP contribution in [0, 0.1) is 5.41 Å². The molecule has 2 heteroatoms. The fraction of sp³-hybridized carbons (Fsp3) is 0.667. The van der Waals surface area contributed by atoms with Crippen molar-refractivity contribution in [2.45, 2.75) is 70.4 Å². The van der Waals surface area contributed by atoms with E-state index in [1.54, 1.807) is 0 Å². The van der Waals surface area contributed by atoms with Crippen LogP contribution in [0.25, 0.3) is 0 Å². The Morgan fingerprint density at radius 1 is 1.05 bits per heavy atom. The van der Waals surface area contributed by atoms with Gasteiger partial charge < -0.3 is 5.32 Å². The van der Waals surface area contributed by atoms with Crippen LogP contribution in [0.5, 0.6) is 0 Å². The quantitative estimate of drug-likeness (QED) is 0.757. The fourth-order valence-electron chi connectivity index (χ4n) is 4.22. The van der Waals surface area contributed by atoms with Gasteiger partial charge in [0.25, 0.3) is 0 Å². The molecule has 20 heavy (non-hydrogen) atoms. The van der Waals surface area contributed by atoms with Crippen LogP contribution >= 0.6 is 15.9 Å². The summed E-state index contributed by atoms with van der Waals surface area (Å²) in [5.74, 6) is 0. The maximum Gasteiger partial charge on any atom is 0.0294 e. The molecule has 110 valence electrons.